The normalized spacial score (nSPS) is 20.2. The number of para-hydroxylation sites is 1. The van der Waals surface area contributed by atoms with Crippen molar-refractivity contribution in [2.75, 3.05) is 32.8 Å². The fraction of sp³-hybridized carbons (Fsp3) is 0.600. The van der Waals surface area contributed by atoms with Gasteiger partial charge in [-0.05, 0) is 26.0 Å². The Balaban J connectivity index is 1.83. The summed E-state index contributed by atoms with van der Waals surface area (Å²) < 4.78 is 11.2. The quantitative estimate of drug-likeness (QED) is 0.899. The number of β-amino-alcohol motifs (C(OH)–C–C–N with tert-alkyl or cyclic N) is 1. The predicted molar refractivity (Wildman–Crippen MR) is 84.4 cm³/mol. The molecule has 118 valence electrons. The number of ether oxygens (including phenoxy) is 2. The molecule has 0 aliphatic carbocycles. The van der Waals surface area contributed by atoms with E-state index in [1.54, 1.807) is 18.2 Å². The van der Waals surface area contributed by atoms with Crippen molar-refractivity contribution >= 4 is 23.2 Å². The second-order valence-electron chi connectivity index (χ2n) is 5.86. The van der Waals surface area contributed by atoms with Gasteiger partial charge >= 0.3 is 0 Å². The van der Waals surface area contributed by atoms with E-state index in [0.29, 0.717) is 28.9 Å². The van der Waals surface area contributed by atoms with E-state index in [-0.39, 0.29) is 12.2 Å². The molecular weight excluding hydrogens is 313 g/mol. The van der Waals surface area contributed by atoms with Crippen LogP contribution in [0.2, 0.25) is 10.0 Å². The summed E-state index contributed by atoms with van der Waals surface area (Å²) in [6.45, 7) is 7.06. The fourth-order valence-corrected chi connectivity index (χ4v) is 2.93. The molecule has 1 heterocycles. The molecule has 1 unspecified atom stereocenters. The fourth-order valence-electron chi connectivity index (χ4n) is 2.42. The van der Waals surface area contributed by atoms with Crippen molar-refractivity contribution in [3.8, 4) is 5.75 Å². The molecule has 1 saturated heterocycles. The molecule has 6 heteroatoms. The Kier molecular flexibility index (Phi) is 5.74. The van der Waals surface area contributed by atoms with Crippen molar-refractivity contribution in [2.24, 2.45) is 0 Å². The van der Waals surface area contributed by atoms with Crippen LogP contribution in [0.25, 0.3) is 0 Å². The Morgan fingerprint density at radius 2 is 2.05 bits per heavy atom. The van der Waals surface area contributed by atoms with Crippen molar-refractivity contribution in [3.05, 3.63) is 28.2 Å². The van der Waals surface area contributed by atoms with Crippen molar-refractivity contribution in [2.45, 2.75) is 25.6 Å². The molecule has 1 N–H and O–H groups in total. The highest BCUT2D eigenvalue weighted by Gasteiger charge is 2.28. The van der Waals surface area contributed by atoms with Crippen molar-refractivity contribution in [3.63, 3.8) is 0 Å². The number of benzene rings is 1. The summed E-state index contributed by atoms with van der Waals surface area (Å²) in [6.07, 6.45) is -0.605. The van der Waals surface area contributed by atoms with Gasteiger partial charge in [-0.25, -0.2) is 0 Å². The number of nitrogens with zero attached hydrogens (tertiary/aromatic N) is 1. The molecule has 0 bridgehead atoms. The number of hydrogen-bond acceptors (Lipinski definition) is 4. The van der Waals surface area contributed by atoms with Gasteiger partial charge in [0, 0.05) is 19.6 Å². The Bertz CT molecular complexity index is 462. The first kappa shape index (κ1) is 16.8. The van der Waals surface area contributed by atoms with Crippen molar-refractivity contribution < 1.29 is 14.6 Å². The highest BCUT2D eigenvalue weighted by molar-refractivity contribution is 6.37. The van der Waals surface area contributed by atoms with Crippen molar-refractivity contribution in [1.82, 2.24) is 4.90 Å². The van der Waals surface area contributed by atoms with Crippen LogP contribution in [0.15, 0.2) is 18.2 Å². The molecule has 0 saturated carbocycles. The van der Waals surface area contributed by atoms with Crippen LogP contribution in [0, 0.1) is 0 Å². The largest absolute Gasteiger partial charge is 0.488 e. The Morgan fingerprint density at radius 1 is 1.38 bits per heavy atom. The molecule has 21 heavy (non-hydrogen) atoms. The lowest BCUT2D eigenvalue weighted by molar-refractivity contribution is -0.0947. The molecule has 1 aromatic rings. The molecule has 1 aliphatic rings. The number of halogens is 2. The second kappa shape index (κ2) is 7.16. The first-order valence-electron chi connectivity index (χ1n) is 6.98. The van der Waals surface area contributed by atoms with Crippen LogP contribution in [0.3, 0.4) is 0 Å². The van der Waals surface area contributed by atoms with Crippen LogP contribution in [0.1, 0.15) is 13.8 Å². The van der Waals surface area contributed by atoms with E-state index < -0.39 is 6.10 Å². The number of hydrogen-bond donors (Lipinski definition) is 1. The third kappa shape index (κ3) is 5.01. The van der Waals surface area contributed by atoms with E-state index in [1.165, 1.54) is 0 Å². The zero-order valence-electron chi connectivity index (χ0n) is 12.3. The highest BCUT2D eigenvalue weighted by atomic mass is 35.5. The summed E-state index contributed by atoms with van der Waals surface area (Å²) in [7, 11) is 0. The predicted octanol–water partition coefficient (Wildman–Crippen LogP) is 2.84. The highest BCUT2D eigenvalue weighted by Crippen LogP contribution is 2.32. The van der Waals surface area contributed by atoms with Crippen LogP contribution in [0.5, 0.6) is 5.75 Å². The molecule has 0 amide bonds. The van der Waals surface area contributed by atoms with Gasteiger partial charge in [0.1, 0.15) is 12.7 Å². The molecule has 1 atom stereocenters. The van der Waals surface area contributed by atoms with Gasteiger partial charge in [0.15, 0.2) is 5.75 Å². The average molecular weight is 334 g/mol. The number of rotatable bonds is 5. The molecule has 0 aromatic heterocycles. The monoisotopic (exact) mass is 333 g/mol. The average Bonchev–Trinajstić information content (AvgIpc) is 2.36. The van der Waals surface area contributed by atoms with Gasteiger partial charge < -0.3 is 14.6 Å². The maximum absolute atomic E-state index is 10.1. The molecule has 1 aliphatic heterocycles. The van der Waals surface area contributed by atoms with Gasteiger partial charge in [-0.3, -0.25) is 4.90 Å². The van der Waals surface area contributed by atoms with E-state index in [0.717, 1.165) is 13.1 Å². The van der Waals surface area contributed by atoms with Crippen LogP contribution < -0.4 is 4.74 Å². The van der Waals surface area contributed by atoms with Gasteiger partial charge in [0.25, 0.3) is 0 Å². The van der Waals surface area contributed by atoms with Gasteiger partial charge in [-0.1, -0.05) is 29.3 Å². The number of morpholine rings is 1. The minimum absolute atomic E-state index is 0.154. The molecule has 0 spiro atoms. The summed E-state index contributed by atoms with van der Waals surface area (Å²) in [5.41, 5.74) is -0.176. The number of aliphatic hydroxyl groups excluding tert-OH is 1. The standard InChI is InChI=1S/C15H21Cl2NO3/c1-15(2)10-18(6-7-21-15)8-11(19)9-20-14-12(16)4-3-5-13(14)17/h3-5,11,19H,6-10H2,1-2H3. The molecule has 1 fully saturated rings. The van der Waals surface area contributed by atoms with Crippen molar-refractivity contribution in [1.29, 1.82) is 0 Å². The molecule has 4 nitrogen and oxygen atoms in total. The summed E-state index contributed by atoms with van der Waals surface area (Å²) in [5.74, 6) is 0.419. The lowest BCUT2D eigenvalue weighted by atomic mass is 10.1. The van der Waals surface area contributed by atoms with Gasteiger partial charge in [-0.15, -0.1) is 0 Å². The summed E-state index contributed by atoms with van der Waals surface area (Å²) in [4.78, 5) is 2.17. The summed E-state index contributed by atoms with van der Waals surface area (Å²) >= 11 is 12.0. The minimum Gasteiger partial charge on any atom is -0.488 e. The maximum atomic E-state index is 10.1. The van der Waals surface area contributed by atoms with Crippen LogP contribution in [0.4, 0.5) is 0 Å². The van der Waals surface area contributed by atoms with E-state index in [1.807, 2.05) is 13.8 Å². The van der Waals surface area contributed by atoms with Crippen LogP contribution >= 0.6 is 23.2 Å². The SMILES string of the molecule is CC1(C)CN(CC(O)COc2c(Cl)cccc2Cl)CCO1. The third-order valence-corrected chi connectivity index (χ3v) is 3.91. The molecular formula is C15H21Cl2NO3. The third-order valence-electron chi connectivity index (χ3n) is 3.31. The topological polar surface area (TPSA) is 41.9 Å². The lowest BCUT2D eigenvalue weighted by Gasteiger charge is -2.38. The Hall–Kier alpha value is -0.520. The lowest BCUT2D eigenvalue weighted by Crippen LogP contribution is -2.50. The zero-order valence-corrected chi connectivity index (χ0v) is 13.8. The summed E-state index contributed by atoms with van der Waals surface area (Å²) in [5, 5.41) is 11.0. The first-order valence-corrected chi connectivity index (χ1v) is 7.74. The molecule has 0 radical (unpaired) electrons. The Morgan fingerprint density at radius 3 is 2.67 bits per heavy atom. The van der Waals surface area contributed by atoms with Crippen LogP contribution in [-0.4, -0.2) is 54.6 Å². The van der Waals surface area contributed by atoms with E-state index in [9.17, 15) is 5.11 Å². The number of aliphatic hydroxyl groups is 1. The zero-order chi connectivity index (χ0) is 15.5. The molecule has 2 rings (SSSR count). The van der Waals surface area contributed by atoms with Gasteiger partial charge in [0.05, 0.1) is 22.3 Å². The second-order valence-corrected chi connectivity index (χ2v) is 6.67. The molecule has 1 aromatic carbocycles. The summed E-state index contributed by atoms with van der Waals surface area (Å²) in [6, 6.07) is 5.17. The Labute approximate surface area is 135 Å². The van der Waals surface area contributed by atoms with Crippen LogP contribution in [-0.2, 0) is 4.74 Å². The minimum atomic E-state index is -0.605. The smallest absolute Gasteiger partial charge is 0.156 e. The van der Waals surface area contributed by atoms with E-state index >= 15 is 0 Å². The van der Waals surface area contributed by atoms with E-state index in [4.69, 9.17) is 32.7 Å². The maximum Gasteiger partial charge on any atom is 0.156 e. The van der Waals surface area contributed by atoms with Gasteiger partial charge in [0.2, 0.25) is 0 Å². The van der Waals surface area contributed by atoms with E-state index in [2.05, 4.69) is 4.90 Å². The first-order chi connectivity index (χ1) is 9.87. The van der Waals surface area contributed by atoms with Gasteiger partial charge in [-0.2, -0.15) is 0 Å².